The molecule has 0 aliphatic rings. The van der Waals surface area contributed by atoms with Crippen LogP contribution in [0.1, 0.15) is 0 Å². The summed E-state index contributed by atoms with van der Waals surface area (Å²) in [6.07, 6.45) is 1.89. The van der Waals surface area contributed by atoms with Crippen LogP contribution >= 0.6 is 0 Å². The third-order valence-corrected chi connectivity index (χ3v) is 2.50. The van der Waals surface area contributed by atoms with E-state index in [9.17, 15) is 0 Å². The molecule has 0 fully saturated rings. The third kappa shape index (κ3) is 0.826. The lowest BCUT2D eigenvalue weighted by Crippen LogP contribution is -1.89. The van der Waals surface area contributed by atoms with Gasteiger partial charge in [0.25, 0.3) is 0 Å². The van der Waals surface area contributed by atoms with E-state index in [2.05, 4.69) is 17.1 Å². The average Bonchev–Trinajstić information content (AvgIpc) is 2.30. The molecule has 2 aromatic heterocycles. The van der Waals surface area contributed by atoms with Gasteiger partial charge >= 0.3 is 0 Å². The summed E-state index contributed by atoms with van der Waals surface area (Å²) in [6, 6.07) is 11.1. The first-order valence-corrected chi connectivity index (χ1v) is 4.45. The first-order chi connectivity index (χ1) is 6.90. The second-order valence-electron chi connectivity index (χ2n) is 3.23. The highest BCUT2D eigenvalue weighted by molar-refractivity contribution is 6.10. The van der Waals surface area contributed by atoms with Crippen LogP contribution in [0.25, 0.3) is 21.7 Å². The van der Waals surface area contributed by atoms with Gasteiger partial charge in [0.1, 0.15) is 5.75 Å². The Labute approximate surface area is 81.5 Å². The van der Waals surface area contributed by atoms with Crippen molar-refractivity contribution in [3.8, 4) is 5.75 Å². The molecule has 4 aromatic rings. The van der Waals surface area contributed by atoms with Crippen molar-refractivity contribution < 1.29 is 4.74 Å². The van der Waals surface area contributed by atoms with Crippen molar-refractivity contribution >= 4 is 21.7 Å². The van der Waals surface area contributed by atoms with Crippen LogP contribution in [-0.4, -0.2) is 12.1 Å². The summed E-state index contributed by atoms with van der Waals surface area (Å²) < 4.78 is 5.27. The summed E-state index contributed by atoms with van der Waals surface area (Å²) in [5.74, 6) is 0.774. The van der Waals surface area contributed by atoms with Gasteiger partial charge in [-0.05, 0) is 17.5 Å². The summed E-state index contributed by atoms with van der Waals surface area (Å²) in [4.78, 5) is 4.32. The lowest BCUT2D eigenvalue weighted by atomic mass is 10.0. The highest BCUT2D eigenvalue weighted by Gasteiger charge is 2.08. The van der Waals surface area contributed by atoms with Gasteiger partial charge in [-0.2, -0.15) is 0 Å². The van der Waals surface area contributed by atoms with Gasteiger partial charge in [0.15, 0.2) is 0 Å². The fourth-order valence-electron chi connectivity index (χ4n) is 1.84. The Hall–Kier alpha value is -1.83. The van der Waals surface area contributed by atoms with Crippen LogP contribution in [0.5, 0.6) is 5.75 Å². The van der Waals surface area contributed by atoms with Crippen LogP contribution < -0.4 is 4.74 Å². The Kier molecular flexibility index (Phi) is 1.39. The van der Waals surface area contributed by atoms with E-state index < -0.39 is 0 Å². The maximum Gasteiger partial charge on any atom is 0.136 e. The molecular formula is C12H8NO. The van der Waals surface area contributed by atoms with Crippen molar-refractivity contribution in [1.29, 1.82) is 0 Å². The van der Waals surface area contributed by atoms with Gasteiger partial charge in [-0.25, -0.2) is 0 Å². The number of rotatable bonds is 1. The highest BCUT2D eigenvalue weighted by Crippen LogP contribution is 2.32. The first kappa shape index (κ1) is 7.56. The Morgan fingerprint density at radius 3 is 2.93 bits per heavy atom. The molecule has 2 nitrogen and oxygen atoms in total. The van der Waals surface area contributed by atoms with Gasteiger partial charge in [-0.3, -0.25) is 4.98 Å². The fraction of sp³-hybridized carbons (Fsp3) is 0.0833. The normalized spacial score (nSPS) is 11.2. The van der Waals surface area contributed by atoms with Crippen LogP contribution in [0, 0.1) is 6.07 Å². The number of nitrogens with zero attached hydrogens (tertiary/aromatic N) is 1. The van der Waals surface area contributed by atoms with E-state index in [0.29, 0.717) is 0 Å². The number of hydrogen-bond donors (Lipinski definition) is 0. The molecule has 0 saturated heterocycles. The maximum absolute atomic E-state index is 5.27. The number of ether oxygens (including phenoxy) is 1. The van der Waals surface area contributed by atoms with Gasteiger partial charge in [-0.1, -0.05) is 12.1 Å². The lowest BCUT2D eigenvalue weighted by molar-refractivity contribution is 0.419. The minimum Gasteiger partial charge on any atom is -0.495 e. The average molecular weight is 182 g/mol. The van der Waals surface area contributed by atoms with Crippen molar-refractivity contribution in [3.63, 3.8) is 0 Å². The van der Waals surface area contributed by atoms with Crippen molar-refractivity contribution in [3.05, 3.63) is 36.5 Å². The molecule has 1 radical (unpaired) electrons. The number of fused-ring (bicyclic) bond motifs is 2. The molecule has 0 amide bonds. The molecule has 0 spiro atoms. The zero-order valence-corrected chi connectivity index (χ0v) is 7.74. The second kappa shape index (κ2) is 2.58. The third-order valence-electron chi connectivity index (χ3n) is 2.50. The minimum atomic E-state index is 0.774. The zero-order chi connectivity index (χ0) is 9.54. The van der Waals surface area contributed by atoms with Crippen molar-refractivity contribution in [2.45, 2.75) is 0 Å². The van der Waals surface area contributed by atoms with Gasteiger partial charge in [0, 0.05) is 17.6 Å². The highest BCUT2D eigenvalue weighted by atomic mass is 16.5. The van der Waals surface area contributed by atoms with E-state index in [-0.39, 0.29) is 0 Å². The fourth-order valence-corrected chi connectivity index (χ4v) is 1.84. The van der Waals surface area contributed by atoms with E-state index in [0.717, 1.165) is 22.0 Å². The van der Waals surface area contributed by atoms with Crippen molar-refractivity contribution in [2.75, 3.05) is 7.11 Å². The van der Waals surface area contributed by atoms with E-state index in [4.69, 9.17) is 4.74 Å². The minimum absolute atomic E-state index is 0.774. The Bertz CT molecular complexity index is 568. The number of benzene rings is 2. The topological polar surface area (TPSA) is 22.1 Å². The van der Waals surface area contributed by atoms with Gasteiger partial charge in [-0.15, -0.1) is 0 Å². The summed E-state index contributed by atoms with van der Waals surface area (Å²) in [5.41, 5.74) is 0.962. The molecule has 0 atom stereocenters. The predicted molar refractivity (Wildman–Crippen MR) is 55.8 cm³/mol. The number of pyridine rings is 2. The lowest BCUT2D eigenvalue weighted by Gasteiger charge is -2.08. The van der Waals surface area contributed by atoms with Crippen LogP contribution in [-0.2, 0) is 0 Å². The molecular weight excluding hydrogens is 174 g/mol. The smallest absolute Gasteiger partial charge is 0.136 e. The number of hydrogen-bond acceptors (Lipinski definition) is 2. The maximum atomic E-state index is 5.27. The summed E-state index contributed by atoms with van der Waals surface area (Å²) >= 11 is 0. The largest absolute Gasteiger partial charge is 0.495 e. The standard InChI is InChI=1S/C12H8NO/c1-14-11-4-2-3-9-8-5-6-10(12(9)11)13-7-8/h2-3,5-7H,1H3. The molecule has 2 heterocycles. The SMILES string of the molecule is COc1[c]ccc2c3ccc(nc3)c12. The predicted octanol–water partition coefficient (Wildman–Crippen LogP) is 2.63. The zero-order valence-electron chi connectivity index (χ0n) is 7.74. The van der Waals surface area contributed by atoms with Gasteiger partial charge < -0.3 is 4.74 Å². The monoisotopic (exact) mass is 182 g/mol. The van der Waals surface area contributed by atoms with Crippen LogP contribution in [0.15, 0.2) is 30.5 Å². The van der Waals surface area contributed by atoms with Crippen molar-refractivity contribution in [1.82, 2.24) is 4.98 Å². The molecule has 67 valence electrons. The van der Waals surface area contributed by atoms with E-state index in [1.54, 1.807) is 7.11 Å². The second-order valence-corrected chi connectivity index (χ2v) is 3.23. The Morgan fingerprint density at radius 1 is 1.29 bits per heavy atom. The van der Waals surface area contributed by atoms with Gasteiger partial charge in [0.05, 0.1) is 18.0 Å². The molecule has 4 rings (SSSR count). The van der Waals surface area contributed by atoms with Gasteiger partial charge in [0.2, 0.25) is 0 Å². The molecule has 0 saturated carbocycles. The van der Waals surface area contributed by atoms with Crippen LogP contribution in [0.2, 0.25) is 0 Å². The molecule has 0 N–H and O–H groups in total. The van der Waals surface area contributed by atoms with Crippen LogP contribution in [0.3, 0.4) is 0 Å². The summed E-state index contributed by atoms with van der Waals surface area (Å²) in [7, 11) is 1.66. The molecule has 14 heavy (non-hydrogen) atoms. The Balaban J connectivity index is 2.61. The molecule has 2 aromatic carbocycles. The van der Waals surface area contributed by atoms with Crippen LogP contribution in [0.4, 0.5) is 0 Å². The van der Waals surface area contributed by atoms with Crippen molar-refractivity contribution in [2.24, 2.45) is 0 Å². The number of methoxy groups -OCH3 is 1. The van der Waals surface area contributed by atoms with E-state index in [1.807, 2.05) is 24.4 Å². The first-order valence-electron chi connectivity index (χ1n) is 4.45. The molecule has 2 bridgehead atoms. The molecule has 0 aliphatic carbocycles. The molecule has 0 aliphatic heterocycles. The Morgan fingerprint density at radius 2 is 2.21 bits per heavy atom. The quantitative estimate of drug-likeness (QED) is 0.577. The summed E-state index contributed by atoms with van der Waals surface area (Å²) in [5, 5.41) is 3.39. The molecule has 0 unspecified atom stereocenters. The van der Waals surface area contributed by atoms with E-state index in [1.165, 1.54) is 5.39 Å². The van der Waals surface area contributed by atoms with E-state index >= 15 is 0 Å². The summed E-state index contributed by atoms with van der Waals surface area (Å²) in [6.45, 7) is 0. The number of aromatic nitrogens is 1. The molecule has 2 heteroatoms.